The van der Waals surface area contributed by atoms with Crippen LogP contribution in [-0.2, 0) is 20.4 Å². The van der Waals surface area contributed by atoms with Gasteiger partial charge in [0.2, 0.25) is 5.91 Å². The van der Waals surface area contributed by atoms with Crippen LogP contribution in [0.5, 0.6) is 0 Å². The van der Waals surface area contributed by atoms with Crippen molar-refractivity contribution in [3.8, 4) is 6.07 Å². The minimum Gasteiger partial charge on any atom is -0.324 e. The van der Waals surface area contributed by atoms with Crippen LogP contribution in [0.1, 0.15) is 36.8 Å². The van der Waals surface area contributed by atoms with Crippen LogP contribution in [0, 0.1) is 23.7 Å². The van der Waals surface area contributed by atoms with Gasteiger partial charge in [-0.25, -0.2) is 8.42 Å². The van der Waals surface area contributed by atoms with E-state index in [9.17, 15) is 18.5 Å². The molecular weight excluding hydrogens is 300 g/mol. The zero-order valence-corrected chi connectivity index (χ0v) is 13.7. The SMILES string of the molecule is Cc1c(CS(C)(=O)=O)cccc1NC(=O)C1(C#N)CCCC1. The minimum absolute atomic E-state index is 0.0636. The molecule has 0 radical (unpaired) electrons. The standard InChI is InChI=1S/C16H20N2O3S/c1-12-13(10-22(2,20)21)6-5-7-14(12)18-15(19)16(11-17)8-3-4-9-16/h5-7H,3-4,8-10H2,1-2H3,(H,18,19). The number of rotatable bonds is 4. The molecule has 0 bridgehead atoms. The lowest BCUT2D eigenvalue weighted by Gasteiger charge is -2.20. The Hall–Kier alpha value is -1.87. The third kappa shape index (κ3) is 3.47. The largest absolute Gasteiger partial charge is 0.324 e. The number of anilines is 1. The van der Waals surface area contributed by atoms with Crippen LogP contribution in [0.3, 0.4) is 0 Å². The molecule has 2 rings (SSSR count). The smallest absolute Gasteiger partial charge is 0.244 e. The number of benzene rings is 1. The molecule has 1 aliphatic carbocycles. The monoisotopic (exact) mass is 320 g/mol. The molecule has 0 aliphatic heterocycles. The van der Waals surface area contributed by atoms with Crippen molar-refractivity contribution in [3.05, 3.63) is 29.3 Å². The Morgan fingerprint density at radius 2 is 2.00 bits per heavy atom. The van der Waals surface area contributed by atoms with Crippen molar-refractivity contribution < 1.29 is 13.2 Å². The first-order valence-corrected chi connectivity index (χ1v) is 9.32. The van der Waals surface area contributed by atoms with E-state index in [-0.39, 0.29) is 11.7 Å². The summed E-state index contributed by atoms with van der Waals surface area (Å²) in [7, 11) is -3.14. The summed E-state index contributed by atoms with van der Waals surface area (Å²) < 4.78 is 22.9. The fourth-order valence-electron chi connectivity index (χ4n) is 2.87. The molecule has 1 N–H and O–H groups in total. The average molecular weight is 320 g/mol. The van der Waals surface area contributed by atoms with Gasteiger partial charge in [-0.05, 0) is 37.0 Å². The Morgan fingerprint density at radius 3 is 2.55 bits per heavy atom. The van der Waals surface area contributed by atoms with Gasteiger partial charge in [0.25, 0.3) is 0 Å². The zero-order chi connectivity index (χ0) is 16.4. The van der Waals surface area contributed by atoms with Gasteiger partial charge in [-0.15, -0.1) is 0 Å². The number of nitrogens with one attached hydrogen (secondary N) is 1. The summed E-state index contributed by atoms with van der Waals surface area (Å²) in [5.41, 5.74) is 1.02. The van der Waals surface area contributed by atoms with Gasteiger partial charge in [0.05, 0.1) is 11.8 Å². The van der Waals surface area contributed by atoms with Crippen molar-refractivity contribution in [2.75, 3.05) is 11.6 Å². The molecule has 0 saturated heterocycles. The molecule has 6 heteroatoms. The van der Waals surface area contributed by atoms with Crippen molar-refractivity contribution in [2.24, 2.45) is 5.41 Å². The Morgan fingerprint density at radius 1 is 1.36 bits per heavy atom. The summed E-state index contributed by atoms with van der Waals surface area (Å²) in [6.07, 6.45) is 4.11. The number of nitriles is 1. The molecule has 1 aromatic rings. The molecule has 1 fully saturated rings. The molecule has 0 aromatic heterocycles. The second kappa shape index (κ2) is 6.09. The highest BCUT2D eigenvalue weighted by Gasteiger charge is 2.41. The number of carbonyl (C=O) groups is 1. The van der Waals surface area contributed by atoms with Crippen LogP contribution in [0.15, 0.2) is 18.2 Å². The molecule has 1 aromatic carbocycles. The van der Waals surface area contributed by atoms with E-state index in [0.717, 1.165) is 18.4 Å². The van der Waals surface area contributed by atoms with Gasteiger partial charge in [0.15, 0.2) is 9.84 Å². The van der Waals surface area contributed by atoms with Crippen molar-refractivity contribution in [1.82, 2.24) is 0 Å². The highest BCUT2D eigenvalue weighted by Crippen LogP contribution is 2.38. The van der Waals surface area contributed by atoms with Crippen molar-refractivity contribution in [1.29, 1.82) is 5.26 Å². The number of sulfone groups is 1. The summed E-state index contributed by atoms with van der Waals surface area (Å²) in [5, 5.41) is 12.2. The number of hydrogen-bond donors (Lipinski definition) is 1. The minimum atomic E-state index is -3.14. The van der Waals surface area contributed by atoms with Crippen molar-refractivity contribution in [2.45, 2.75) is 38.4 Å². The number of carbonyl (C=O) groups excluding carboxylic acids is 1. The topological polar surface area (TPSA) is 87.0 Å². The average Bonchev–Trinajstić information content (AvgIpc) is 2.92. The molecule has 22 heavy (non-hydrogen) atoms. The van der Waals surface area contributed by atoms with Gasteiger partial charge < -0.3 is 5.32 Å². The van der Waals surface area contributed by atoms with E-state index in [4.69, 9.17) is 0 Å². The molecule has 0 spiro atoms. The lowest BCUT2D eigenvalue weighted by molar-refractivity contribution is -0.122. The van der Waals surface area contributed by atoms with E-state index in [1.807, 2.05) is 0 Å². The Kier molecular flexibility index (Phi) is 4.57. The highest BCUT2D eigenvalue weighted by atomic mass is 32.2. The third-order valence-electron chi connectivity index (χ3n) is 4.22. The predicted octanol–water partition coefficient (Wildman–Crippen LogP) is 2.56. The molecular formula is C16H20N2O3S. The quantitative estimate of drug-likeness (QED) is 0.923. The van der Waals surface area contributed by atoms with Gasteiger partial charge >= 0.3 is 0 Å². The van der Waals surface area contributed by atoms with E-state index in [1.54, 1.807) is 25.1 Å². The van der Waals surface area contributed by atoms with E-state index in [0.29, 0.717) is 24.1 Å². The van der Waals surface area contributed by atoms with Gasteiger partial charge in [-0.1, -0.05) is 25.0 Å². The van der Waals surface area contributed by atoms with Crippen LogP contribution >= 0.6 is 0 Å². The van der Waals surface area contributed by atoms with E-state index < -0.39 is 15.3 Å². The second-order valence-corrected chi connectivity index (χ2v) is 8.16. The van der Waals surface area contributed by atoms with Crippen LogP contribution in [0.4, 0.5) is 5.69 Å². The van der Waals surface area contributed by atoms with Gasteiger partial charge in [0, 0.05) is 11.9 Å². The van der Waals surface area contributed by atoms with Gasteiger partial charge in [-0.3, -0.25) is 4.79 Å². The lowest BCUT2D eigenvalue weighted by atomic mass is 9.87. The number of hydrogen-bond acceptors (Lipinski definition) is 4. The predicted molar refractivity (Wildman–Crippen MR) is 84.9 cm³/mol. The molecule has 118 valence electrons. The normalized spacial score (nSPS) is 17.0. The van der Waals surface area contributed by atoms with E-state index >= 15 is 0 Å². The fourth-order valence-corrected chi connectivity index (χ4v) is 3.75. The maximum atomic E-state index is 12.5. The van der Waals surface area contributed by atoms with Crippen LogP contribution < -0.4 is 5.32 Å². The summed E-state index contributed by atoms with van der Waals surface area (Å²) in [6.45, 7) is 1.78. The van der Waals surface area contributed by atoms with Crippen LogP contribution in [0.25, 0.3) is 0 Å². The van der Waals surface area contributed by atoms with Crippen molar-refractivity contribution >= 4 is 21.4 Å². The Labute approximate surface area is 131 Å². The Bertz CT molecular complexity index is 726. The zero-order valence-electron chi connectivity index (χ0n) is 12.8. The third-order valence-corrected chi connectivity index (χ3v) is 5.05. The fraction of sp³-hybridized carbons (Fsp3) is 0.500. The summed E-state index contributed by atoms with van der Waals surface area (Å²) >= 11 is 0. The van der Waals surface area contributed by atoms with Gasteiger partial charge in [0.1, 0.15) is 5.41 Å². The molecule has 0 atom stereocenters. The molecule has 0 heterocycles. The maximum Gasteiger partial charge on any atom is 0.244 e. The lowest BCUT2D eigenvalue weighted by Crippen LogP contribution is -2.32. The van der Waals surface area contributed by atoms with E-state index in [2.05, 4.69) is 11.4 Å². The molecule has 1 saturated carbocycles. The first-order chi connectivity index (χ1) is 10.3. The maximum absolute atomic E-state index is 12.5. The summed E-state index contributed by atoms with van der Waals surface area (Å²) in [4.78, 5) is 12.5. The van der Waals surface area contributed by atoms with Crippen molar-refractivity contribution in [3.63, 3.8) is 0 Å². The van der Waals surface area contributed by atoms with Crippen LogP contribution in [0.2, 0.25) is 0 Å². The first-order valence-electron chi connectivity index (χ1n) is 7.26. The molecule has 5 nitrogen and oxygen atoms in total. The summed E-state index contributed by atoms with van der Waals surface area (Å²) in [5.74, 6) is -0.349. The molecule has 1 amide bonds. The molecule has 0 unspecified atom stereocenters. The highest BCUT2D eigenvalue weighted by molar-refractivity contribution is 7.89. The number of nitrogens with zero attached hydrogens (tertiary/aromatic N) is 1. The molecule has 1 aliphatic rings. The summed E-state index contributed by atoms with van der Waals surface area (Å²) in [6, 6.07) is 7.35. The Balaban J connectivity index is 2.25. The van der Waals surface area contributed by atoms with Gasteiger partial charge in [-0.2, -0.15) is 5.26 Å². The number of amides is 1. The van der Waals surface area contributed by atoms with Crippen LogP contribution in [-0.4, -0.2) is 20.6 Å². The van der Waals surface area contributed by atoms with E-state index in [1.165, 1.54) is 6.26 Å². The second-order valence-electron chi connectivity index (χ2n) is 6.01. The first kappa shape index (κ1) is 16.5.